The van der Waals surface area contributed by atoms with Crippen LogP contribution >= 0.6 is 11.6 Å². The summed E-state index contributed by atoms with van der Waals surface area (Å²) in [5.41, 5.74) is 3.70. The van der Waals surface area contributed by atoms with Crippen LogP contribution in [-0.2, 0) is 4.79 Å². The molecule has 0 aliphatic carbocycles. The van der Waals surface area contributed by atoms with Crippen molar-refractivity contribution in [2.24, 2.45) is 4.99 Å². The van der Waals surface area contributed by atoms with Crippen LogP contribution in [0.1, 0.15) is 52.0 Å². The molecule has 1 aromatic heterocycles. The van der Waals surface area contributed by atoms with Crippen molar-refractivity contribution < 1.29 is 19.1 Å². The van der Waals surface area contributed by atoms with Gasteiger partial charge in [-0.3, -0.25) is 19.1 Å². The van der Waals surface area contributed by atoms with Gasteiger partial charge < -0.3 is 20.2 Å². The van der Waals surface area contributed by atoms with Crippen molar-refractivity contribution in [1.29, 1.82) is 0 Å². The largest absolute Gasteiger partial charge is 0.497 e. The molecule has 2 heterocycles. The minimum atomic E-state index is -2.52. The summed E-state index contributed by atoms with van der Waals surface area (Å²) in [5.74, 6) is 1.50. The van der Waals surface area contributed by atoms with Gasteiger partial charge in [-0.05, 0) is 74.1 Å². The van der Waals surface area contributed by atoms with Gasteiger partial charge in [-0.15, -0.1) is 10.2 Å². The number of aliphatic imine (C=N–C) groups is 1. The number of aromatic nitrogens is 3. The van der Waals surface area contributed by atoms with Crippen molar-refractivity contribution in [3.05, 3.63) is 100 Å². The molecule has 0 spiro atoms. The van der Waals surface area contributed by atoms with E-state index in [1.165, 1.54) is 0 Å². The van der Waals surface area contributed by atoms with E-state index in [1.54, 1.807) is 25.3 Å². The lowest BCUT2D eigenvalue weighted by atomic mass is 10.00. The number of ether oxygens (including phenoxy) is 1. The highest BCUT2D eigenvalue weighted by Gasteiger charge is 2.30. The molecule has 228 valence electrons. The molecule has 10 nitrogen and oxygen atoms in total. The molecule has 12 heteroatoms. The molecule has 44 heavy (non-hydrogen) atoms. The monoisotopic (exact) mass is 630 g/mol. The molecule has 4 aromatic rings. The van der Waals surface area contributed by atoms with Gasteiger partial charge in [0.2, 0.25) is 14.2 Å². The standard InChI is InChI=1S/C32H35ClN6O4Si/c1-20-37-38-31-27(19-29(40)34-15-6-16-35-32(41)22-7-5-8-25(17-22)44(3,4)42)36-30(21-9-11-23(33)12-10-21)26-18-24(43-2)13-14-28(26)39(20)31/h5,7-14,17-18,27,42H,6,15-16,19H2,1-4H3,(H,34,40)(H,35,41)/t27-/m0/s1. The molecule has 2 amide bonds. The number of benzene rings is 3. The van der Waals surface area contributed by atoms with Gasteiger partial charge in [0.05, 0.1) is 24.9 Å². The van der Waals surface area contributed by atoms with Gasteiger partial charge in [0.1, 0.15) is 17.6 Å². The van der Waals surface area contributed by atoms with Crippen LogP contribution in [0.15, 0.2) is 71.7 Å². The number of amides is 2. The van der Waals surface area contributed by atoms with Gasteiger partial charge in [0.25, 0.3) is 5.91 Å². The summed E-state index contributed by atoms with van der Waals surface area (Å²) in [6, 6.07) is 19.6. The van der Waals surface area contributed by atoms with Crippen LogP contribution in [0.3, 0.4) is 0 Å². The zero-order chi connectivity index (χ0) is 31.4. The quantitative estimate of drug-likeness (QED) is 0.180. The summed E-state index contributed by atoms with van der Waals surface area (Å²) in [5, 5.41) is 16.0. The normalized spacial score (nSPS) is 14.1. The summed E-state index contributed by atoms with van der Waals surface area (Å²) >= 11 is 6.18. The maximum absolute atomic E-state index is 13.2. The van der Waals surface area contributed by atoms with Gasteiger partial charge in [-0.1, -0.05) is 35.9 Å². The maximum Gasteiger partial charge on any atom is 0.251 e. The number of carbonyl (C=O) groups is 2. The third-order valence-corrected chi connectivity index (χ3v) is 9.40. The van der Waals surface area contributed by atoms with E-state index in [2.05, 4.69) is 20.8 Å². The van der Waals surface area contributed by atoms with Crippen LogP contribution in [-0.4, -0.2) is 65.6 Å². The fourth-order valence-corrected chi connectivity index (χ4v) is 6.22. The van der Waals surface area contributed by atoms with E-state index >= 15 is 0 Å². The number of carbonyl (C=O) groups excluding carboxylic acids is 2. The average molecular weight is 631 g/mol. The summed E-state index contributed by atoms with van der Waals surface area (Å²) < 4.78 is 7.46. The third-order valence-electron chi connectivity index (χ3n) is 7.42. The van der Waals surface area contributed by atoms with Crippen molar-refractivity contribution in [3.63, 3.8) is 0 Å². The fraction of sp³-hybridized carbons (Fsp3) is 0.281. The van der Waals surface area contributed by atoms with E-state index in [4.69, 9.17) is 21.3 Å². The van der Waals surface area contributed by atoms with E-state index in [1.807, 2.05) is 73.1 Å². The molecule has 1 aliphatic rings. The van der Waals surface area contributed by atoms with Crippen molar-refractivity contribution >= 4 is 42.6 Å². The fourth-order valence-electron chi connectivity index (χ4n) is 5.09. The lowest BCUT2D eigenvalue weighted by Gasteiger charge is -2.15. The number of hydrogen-bond donors (Lipinski definition) is 3. The Morgan fingerprint density at radius 2 is 1.77 bits per heavy atom. The third kappa shape index (κ3) is 6.90. The van der Waals surface area contributed by atoms with Crippen LogP contribution in [0, 0.1) is 6.92 Å². The van der Waals surface area contributed by atoms with Crippen LogP contribution in [0.25, 0.3) is 5.69 Å². The Morgan fingerprint density at radius 3 is 2.50 bits per heavy atom. The number of nitrogens with one attached hydrogen (secondary N) is 2. The number of rotatable bonds is 10. The highest BCUT2D eigenvalue weighted by molar-refractivity contribution is 6.83. The van der Waals surface area contributed by atoms with Gasteiger partial charge >= 0.3 is 0 Å². The Morgan fingerprint density at radius 1 is 1.02 bits per heavy atom. The molecule has 0 saturated carbocycles. The van der Waals surface area contributed by atoms with Crippen LogP contribution in [0.4, 0.5) is 0 Å². The molecule has 0 unspecified atom stereocenters. The predicted molar refractivity (Wildman–Crippen MR) is 173 cm³/mol. The second kappa shape index (κ2) is 13.1. The number of methoxy groups -OCH3 is 1. The lowest BCUT2D eigenvalue weighted by molar-refractivity contribution is -0.121. The second-order valence-corrected chi connectivity index (χ2v) is 15.3. The SMILES string of the molecule is COc1ccc2c(c1)C(c1ccc(Cl)cc1)=N[C@@H](CC(=O)NCCCNC(=O)c1cccc([Si](C)(C)O)c1)c1nnc(C)n1-2. The van der Waals surface area contributed by atoms with E-state index in [-0.39, 0.29) is 18.2 Å². The first-order chi connectivity index (χ1) is 21.0. The van der Waals surface area contributed by atoms with Gasteiger partial charge in [0, 0.05) is 34.8 Å². The Labute approximate surface area is 262 Å². The molecule has 5 rings (SSSR count). The highest BCUT2D eigenvalue weighted by Crippen LogP contribution is 2.34. The van der Waals surface area contributed by atoms with Gasteiger partial charge in [-0.2, -0.15) is 0 Å². The predicted octanol–water partition coefficient (Wildman–Crippen LogP) is 3.86. The van der Waals surface area contributed by atoms with E-state index in [9.17, 15) is 14.4 Å². The average Bonchev–Trinajstić information content (AvgIpc) is 3.33. The van der Waals surface area contributed by atoms with Gasteiger partial charge in [-0.25, -0.2) is 0 Å². The molecule has 0 bridgehead atoms. The van der Waals surface area contributed by atoms with E-state index in [0.29, 0.717) is 53.2 Å². The number of aryl methyl sites for hydroxylation is 1. The minimum Gasteiger partial charge on any atom is -0.497 e. The summed E-state index contributed by atoms with van der Waals surface area (Å²) in [6.45, 7) is 6.25. The first-order valence-corrected chi connectivity index (χ1v) is 17.7. The topological polar surface area (TPSA) is 131 Å². The Balaban J connectivity index is 1.29. The first kappa shape index (κ1) is 31.1. The smallest absolute Gasteiger partial charge is 0.251 e. The van der Waals surface area contributed by atoms with E-state index < -0.39 is 14.4 Å². The molecule has 3 N–H and O–H groups in total. The van der Waals surface area contributed by atoms with Crippen molar-refractivity contribution in [2.45, 2.75) is 38.9 Å². The zero-order valence-corrected chi connectivity index (χ0v) is 26.9. The molecule has 1 aliphatic heterocycles. The maximum atomic E-state index is 13.2. The molecule has 3 aromatic carbocycles. The molecule has 0 saturated heterocycles. The molecular formula is C32H35ClN6O4Si. The van der Waals surface area contributed by atoms with Crippen molar-refractivity contribution in [3.8, 4) is 11.4 Å². The minimum absolute atomic E-state index is 0.0559. The van der Waals surface area contributed by atoms with Crippen LogP contribution < -0.4 is 20.6 Å². The second-order valence-electron chi connectivity index (χ2n) is 11.1. The number of halogens is 1. The Bertz CT molecular complexity index is 1710. The number of fused-ring (bicyclic) bond motifs is 3. The number of nitrogens with zero attached hydrogens (tertiary/aromatic N) is 4. The van der Waals surface area contributed by atoms with E-state index in [0.717, 1.165) is 22.0 Å². The zero-order valence-electron chi connectivity index (χ0n) is 25.1. The number of hydrogen-bond acceptors (Lipinski definition) is 7. The highest BCUT2D eigenvalue weighted by atomic mass is 35.5. The van der Waals surface area contributed by atoms with Crippen LogP contribution in [0.2, 0.25) is 18.1 Å². The first-order valence-electron chi connectivity index (χ1n) is 14.4. The van der Waals surface area contributed by atoms with Crippen LogP contribution in [0.5, 0.6) is 5.75 Å². The summed E-state index contributed by atoms with van der Waals surface area (Å²) in [6.07, 6.45) is 0.599. The lowest BCUT2D eigenvalue weighted by Crippen LogP contribution is -2.42. The Hall–Kier alpha value is -4.32. The summed E-state index contributed by atoms with van der Waals surface area (Å²) in [4.78, 5) is 41.2. The molecule has 1 atom stereocenters. The Kier molecular flexibility index (Phi) is 9.28. The van der Waals surface area contributed by atoms with Gasteiger partial charge in [0.15, 0.2) is 5.82 Å². The molecule has 0 radical (unpaired) electrons. The van der Waals surface area contributed by atoms with Crippen molar-refractivity contribution in [2.75, 3.05) is 20.2 Å². The molecule has 0 fully saturated rings. The summed E-state index contributed by atoms with van der Waals surface area (Å²) in [7, 11) is -0.903. The van der Waals surface area contributed by atoms with Crippen molar-refractivity contribution in [1.82, 2.24) is 25.4 Å². The molecular weight excluding hydrogens is 596 g/mol.